The maximum atomic E-state index is 11.9. The van der Waals surface area contributed by atoms with E-state index in [0.717, 1.165) is 4.47 Å². The third-order valence-electron chi connectivity index (χ3n) is 2.37. The number of aromatic nitrogens is 1. The average molecular weight is 344 g/mol. The Hall–Kier alpha value is -1.79. The Morgan fingerprint density at radius 3 is 2.68 bits per heavy atom. The van der Waals surface area contributed by atoms with E-state index in [2.05, 4.69) is 26.2 Å². The highest BCUT2D eigenvalue weighted by atomic mass is 79.9. The summed E-state index contributed by atoms with van der Waals surface area (Å²) < 4.78 is 0.718. The number of aromatic carboxylic acids is 1. The first-order valence-electron chi connectivity index (χ1n) is 5.16. The second-order valence-corrected chi connectivity index (χ2v) is 4.98. The molecular formula is C12H8BrClN2O3. The van der Waals surface area contributed by atoms with Crippen molar-refractivity contribution in [2.24, 2.45) is 0 Å². The van der Waals surface area contributed by atoms with Gasteiger partial charge in [0.1, 0.15) is 5.69 Å². The second kappa shape index (κ2) is 5.46. The summed E-state index contributed by atoms with van der Waals surface area (Å²) in [4.78, 5) is 25.8. The quantitative estimate of drug-likeness (QED) is 0.799. The minimum Gasteiger partial charge on any atom is -0.478 e. The zero-order valence-corrected chi connectivity index (χ0v) is 11.7. The van der Waals surface area contributed by atoms with Crippen LogP contribution < -0.4 is 5.32 Å². The smallest absolute Gasteiger partial charge is 0.337 e. The van der Waals surface area contributed by atoms with Gasteiger partial charge in [0.05, 0.1) is 16.3 Å². The molecule has 1 amide bonds. The predicted molar refractivity (Wildman–Crippen MR) is 74.9 cm³/mol. The number of halogens is 2. The van der Waals surface area contributed by atoms with Gasteiger partial charge in [-0.1, -0.05) is 17.7 Å². The lowest BCUT2D eigenvalue weighted by Crippen LogP contribution is -2.15. The molecule has 2 rings (SSSR count). The Labute approximate surface area is 121 Å². The van der Waals surface area contributed by atoms with Crippen LogP contribution in [0.15, 0.2) is 34.9 Å². The van der Waals surface area contributed by atoms with Crippen LogP contribution in [-0.2, 0) is 0 Å². The van der Waals surface area contributed by atoms with E-state index in [1.165, 1.54) is 18.2 Å². The summed E-state index contributed by atoms with van der Waals surface area (Å²) in [7, 11) is 0. The van der Waals surface area contributed by atoms with Crippen LogP contribution >= 0.6 is 27.5 Å². The van der Waals surface area contributed by atoms with Crippen molar-refractivity contribution < 1.29 is 14.7 Å². The molecule has 0 aliphatic heterocycles. The highest BCUT2D eigenvalue weighted by molar-refractivity contribution is 9.10. The van der Waals surface area contributed by atoms with Gasteiger partial charge in [0.2, 0.25) is 0 Å². The number of carbonyl (C=O) groups excluding carboxylic acids is 1. The van der Waals surface area contributed by atoms with Crippen LogP contribution in [0.3, 0.4) is 0 Å². The highest BCUT2D eigenvalue weighted by Gasteiger charge is 2.17. The molecule has 0 unspecified atom stereocenters. The fraction of sp³-hybridized carbons (Fsp3) is 0. The Morgan fingerprint density at radius 1 is 1.37 bits per heavy atom. The summed E-state index contributed by atoms with van der Waals surface area (Å²) in [6.07, 6.45) is 1.60. The molecule has 0 aliphatic rings. The predicted octanol–water partition coefficient (Wildman–Crippen LogP) is 3.38. The molecule has 2 aromatic rings. The van der Waals surface area contributed by atoms with Crippen molar-refractivity contribution >= 4 is 45.1 Å². The third kappa shape index (κ3) is 2.97. The number of hydrogen-bond donors (Lipinski definition) is 3. The van der Waals surface area contributed by atoms with Gasteiger partial charge in [-0.05, 0) is 34.1 Å². The molecule has 3 N–H and O–H groups in total. The number of carboxylic acids is 1. The number of hydrogen-bond acceptors (Lipinski definition) is 2. The van der Waals surface area contributed by atoms with Crippen LogP contribution in [0.2, 0.25) is 5.02 Å². The lowest BCUT2D eigenvalue weighted by Gasteiger charge is -2.09. The van der Waals surface area contributed by atoms with Crippen LogP contribution in [0.1, 0.15) is 20.8 Å². The fourth-order valence-electron chi connectivity index (χ4n) is 1.51. The van der Waals surface area contributed by atoms with E-state index in [1.54, 1.807) is 12.3 Å². The molecule has 98 valence electrons. The van der Waals surface area contributed by atoms with Crippen LogP contribution in [0.25, 0.3) is 0 Å². The molecule has 0 atom stereocenters. The largest absolute Gasteiger partial charge is 0.478 e. The zero-order valence-electron chi connectivity index (χ0n) is 9.41. The highest BCUT2D eigenvalue weighted by Crippen LogP contribution is 2.26. The summed E-state index contributed by atoms with van der Waals surface area (Å²) in [6, 6.07) is 5.96. The number of anilines is 1. The standard InChI is InChI=1S/C12H8BrClN2O3/c13-6-4-9(15-5-6)11(17)16-10-7(12(18)19)2-1-3-8(10)14/h1-5,15H,(H,16,17)(H,18,19). The molecule has 19 heavy (non-hydrogen) atoms. The molecule has 5 nitrogen and oxygen atoms in total. The minimum absolute atomic E-state index is 0.0635. The van der Waals surface area contributed by atoms with Crippen LogP contribution in [0.4, 0.5) is 5.69 Å². The SMILES string of the molecule is O=C(Nc1c(Cl)cccc1C(=O)O)c1cc(Br)c[nH]1. The lowest BCUT2D eigenvalue weighted by atomic mass is 10.1. The Kier molecular flexibility index (Phi) is 3.92. The van der Waals surface area contributed by atoms with E-state index in [4.69, 9.17) is 16.7 Å². The maximum Gasteiger partial charge on any atom is 0.337 e. The number of carbonyl (C=O) groups is 2. The molecule has 7 heteroatoms. The normalized spacial score (nSPS) is 10.2. The van der Waals surface area contributed by atoms with Crippen molar-refractivity contribution in [1.82, 2.24) is 4.98 Å². The summed E-state index contributed by atoms with van der Waals surface area (Å²) in [5, 5.41) is 11.7. The van der Waals surface area contributed by atoms with E-state index in [0.29, 0.717) is 5.69 Å². The van der Waals surface area contributed by atoms with Crippen molar-refractivity contribution in [3.63, 3.8) is 0 Å². The van der Waals surface area contributed by atoms with Crippen LogP contribution in [0, 0.1) is 0 Å². The van der Waals surface area contributed by atoms with Crippen molar-refractivity contribution in [3.05, 3.63) is 51.2 Å². The summed E-state index contributed by atoms with van der Waals surface area (Å²) in [5.41, 5.74) is 0.307. The molecular weight excluding hydrogens is 336 g/mol. The summed E-state index contributed by atoms with van der Waals surface area (Å²) in [6.45, 7) is 0. The molecule has 1 aromatic carbocycles. The Balaban J connectivity index is 2.33. The molecule has 1 aromatic heterocycles. The van der Waals surface area contributed by atoms with E-state index < -0.39 is 11.9 Å². The number of nitrogens with one attached hydrogen (secondary N) is 2. The van der Waals surface area contributed by atoms with Crippen molar-refractivity contribution in [2.75, 3.05) is 5.32 Å². The molecule has 0 bridgehead atoms. The molecule has 0 radical (unpaired) electrons. The molecule has 1 heterocycles. The molecule has 0 fully saturated rings. The second-order valence-electron chi connectivity index (χ2n) is 3.65. The van der Waals surface area contributed by atoms with Crippen LogP contribution in [-0.4, -0.2) is 22.0 Å². The summed E-state index contributed by atoms with van der Waals surface area (Å²) >= 11 is 9.12. The van der Waals surface area contributed by atoms with Gasteiger partial charge in [0.25, 0.3) is 5.91 Å². The Morgan fingerprint density at radius 2 is 2.11 bits per heavy atom. The van der Waals surface area contributed by atoms with Crippen molar-refractivity contribution in [2.45, 2.75) is 0 Å². The number of carboxylic acid groups (broad SMARTS) is 1. The lowest BCUT2D eigenvalue weighted by molar-refractivity contribution is 0.0698. The average Bonchev–Trinajstić information content (AvgIpc) is 2.78. The minimum atomic E-state index is -1.16. The molecule has 0 aliphatic carbocycles. The molecule has 0 saturated heterocycles. The number of amides is 1. The monoisotopic (exact) mass is 342 g/mol. The van der Waals surface area contributed by atoms with Crippen LogP contribution in [0.5, 0.6) is 0 Å². The van der Waals surface area contributed by atoms with Gasteiger partial charge in [0, 0.05) is 10.7 Å². The van der Waals surface area contributed by atoms with Gasteiger partial charge in [-0.2, -0.15) is 0 Å². The zero-order chi connectivity index (χ0) is 14.0. The third-order valence-corrected chi connectivity index (χ3v) is 3.15. The fourth-order valence-corrected chi connectivity index (χ4v) is 2.07. The van der Waals surface area contributed by atoms with E-state index in [1.807, 2.05) is 0 Å². The number of aromatic amines is 1. The van der Waals surface area contributed by atoms with Gasteiger partial charge >= 0.3 is 5.97 Å². The van der Waals surface area contributed by atoms with Gasteiger partial charge < -0.3 is 15.4 Å². The number of H-pyrrole nitrogens is 1. The number of benzene rings is 1. The first-order valence-corrected chi connectivity index (χ1v) is 6.33. The first-order chi connectivity index (χ1) is 8.99. The number of para-hydroxylation sites is 1. The first kappa shape index (κ1) is 13.6. The topological polar surface area (TPSA) is 82.2 Å². The van der Waals surface area contributed by atoms with Gasteiger partial charge in [0.15, 0.2) is 0 Å². The van der Waals surface area contributed by atoms with E-state index in [-0.39, 0.29) is 16.3 Å². The van der Waals surface area contributed by atoms with Gasteiger partial charge in [-0.25, -0.2) is 4.79 Å². The van der Waals surface area contributed by atoms with Crippen molar-refractivity contribution in [3.8, 4) is 0 Å². The Bertz CT molecular complexity index is 654. The maximum absolute atomic E-state index is 11.9. The summed E-state index contributed by atoms with van der Waals surface area (Å²) in [5.74, 6) is -1.63. The van der Waals surface area contributed by atoms with E-state index >= 15 is 0 Å². The van der Waals surface area contributed by atoms with E-state index in [9.17, 15) is 9.59 Å². The van der Waals surface area contributed by atoms with Gasteiger partial charge in [-0.3, -0.25) is 4.79 Å². The molecule has 0 saturated carbocycles. The molecule has 0 spiro atoms. The van der Waals surface area contributed by atoms with Crippen molar-refractivity contribution in [1.29, 1.82) is 0 Å². The van der Waals surface area contributed by atoms with Gasteiger partial charge in [-0.15, -0.1) is 0 Å². The number of rotatable bonds is 3.